The van der Waals surface area contributed by atoms with Crippen molar-refractivity contribution in [1.82, 2.24) is 4.90 Å². The van der Waals surface area contributed by atoms with E-state index in [-0.39, 0.29) is 0 Å². The first-order valence-corrected chi connectivity index (χ1v) is 5.15. The minimum Gasteiger partial charge on any atom is -0.469 e. The molecule has 3 heteroatoms. The topological polar surface area (TPSA) is 42.4 Å². The van der Waals surface area contributed by atoms with Crippen LogP contribution in [0.1, 0.15) is 24.2 Å². The van der Waals surface area contributed by atoms with Crippen molar-refractivity contribution in [3.8, 4) is 0 Å². The standard InChI is InChI=1S/C11H18N2O/c1-8-9(3-4-14-8)7-13(2)11-5-10(12)6-11/h3-4,10-11H,5-7,12H2,1-2H3. The van der Waals surface area contributed by atoms with E-state index in [1.807, 2.05) is 13.0 Å². The maximum absolute atomic E-state index is 5.76. The van der Waals surface area contributed by atoms with Crippen molar-refractivity contribution in [1.29, 1.82) is 0 Å². The van der Waals surface area contributed by atoms with E-state index in [1.54, 1.807) is 6.26 Å². The zero-order valence-electron chi connectivity index (χ0n) is 8.86. The third-order valence-electron chi connectivity index (χ3n) is 3.16. The Morgan fingerprint density at radius 3 is 2.79 bits per heavy atom. The summed E-state index contributed by atoms with van der Waals surface area (Å²) >= 11 is 0. The smallest absolute Gasteiger partial charge is 0.105 e. The molecule has 1 aliphatic rings. The van der Waals surface area contributed by atoms with Crippen molar-refractivity contribution in [3.63, 3.8) is 0 Å². The highest BCUT2D eigenvalue weighted by molar-refractivity contribution is 5.15. The highest BCUT2D eigenvalue weighted by Crippen LogP contribution is 2.24. The molecule has 0 aliphatic heterocycles. The molecule has 0 spiro atoms. The van der Waals surface area contributed by atoms with Gasteiger partial charge in [-0.3, -0.25) is 4.90 Å². The van der Waals surface area contributed by atoms with E-state index in [1.165, 1.54) is 5.56 Å². The molecule has 0 bridgehead atoms. The van der Waals surface area contributed by atoms with Crippen molar-refractivity contribution >= 4 is 0 Å². The first kappa shape index (κ1) is 9.74. The lowest BCUT2D eigenvalue weighted by Gasteiger charge is -2.39. The summed E-state index contributed by atoms with van der Waals surface area (Å²) in [7, 11) is 2.16. The Hall–Kier alpha value is -0.800. The van der Waals surface area contributed by atoms with Crippen molar-refractivity contribution < 1.29 is 4.42 Å². The van der Waals surface area contributed by atoms with Gasteiger partial charge in [0, 0.05) is 24.2 Å². The van der Waals surface area contributed by atoms with Crippen LogP contribution in [0.15, 0.2) is 16.7 Å². The summed E-state index contributed by atoms with van der Waals surface area (Å²) in [6.45, 7) is 2.98. The second kappa shape index (κ2) is 3.75. The van der Waals surface area contributed by atoms with Crippen LogP contribution in [0.2, 0.25) is 0 Å². The van der Waals surface area contributed by atoms with E-state index in [2.05, 4.69) is 11.9 Å². The van der Waals surface area contributed by atoms with Gasteiger partial charge in [-0.15, -0.1) is 0 Å². The summed E-state index contributed by atoms with van der Waals surface area (Å²) in [6.07, 6.45) is 4.02. The second-order valence-electron chi connectivity index (χ2n) is 4.30. The highest BCUT2D eigenvalue weighted by Gasteiger charge is 2.29. The molecule has 1 heterocycles. The van der Waals surface area contributed by atoms with Crippen LogP contribution in [-0.4, -0.2) is 24.0 Å². The fourth-order valence-electron chi connectivity index (χ4n) is 1.96. The van der Waals surface area contributed by atoms with Gasteiger partial charge in [0.05, 0.1) is 6.26 Å². The number of hydrogen-bond donors (Lipinski definition) is 1. The average molecular weight is 194 g/mol. The predicted octanol–water partition coefficient (Wildman–Crippen LogP) is 1.51. The van der Waals surface area contributed by atoms with Crippen molar-refractivity contribution in [2.24, 2.45) is 5.73 Å². The summed E-state index contributed by atoms with van der Waals surface area (Å²) in [5, 5.41) is 0. The third-order valence-corrected chi connectivity index (χ3v) is 3.16. The molecule has 2 rings (SSSR count). The molecule has 1 aromatic heterocycles. The van der Waals surface area contributed by atoms with Gasteiger partial charge in [0.25, 0.3) is 0 Å². The van der Waals surface area contributed by atoms with Gasteiger partial charge in [-0.1, -0.05) is 0 Å². The summed E-state index contributed by atoms with van der Waals surface area (Å²) < 4.78 is 5.27. The minimum absolute atomic E-state index is 0.424. The van der Waals surface area contributed by atoms with Crippen LogP contribution in [0.4, 0.5) is 0 Å². The monoisotopic (exact) mass is 194 g/mol. The lowest BCUT2D eigenvalue weighted by Crippen LogP contribution is -2.48. The van der Waals surface area contributed by atoms with E-state index >= 15 is 0 Å². The van der Waals surface area contributed by atoms with Crippen LogP contribution < -0.4 is 5.73 Å². The van der Waals surface area contributed by atoms with E-state index in [4.69, 9.17) is 10.2 Å². The lowest BCUT2D eigenvalue weighted by atomic mass is 9.86. The number of nitrogens with two attached hydrogens (primary N) is 1. The van der Waals surface area contributed by atoms with Crippen LogP contribution in [0, 0.1) is 6.92 Å². The van der Waals surface area contributed by atoms with E-state index in [0.29, 0.717) is 12.1 Å². The molecule has 3 nitrogen and oxygen atoms in total. The zero-order valence-corrected chi connectivity index (χ0v) is 8.86. The van der Waals surface area contributed by atoms with E-state index in [0.717, 1.165) is 25.1 Å². The van der Waals surface area contributed by atoms with Crippen molar-refractivity contribution in [3.05, 3.63) is 23.7 Å². The normalized spacial score (nSPS) is 26.6. The van der Waals surface area contributed by atoms with Gasteiger partial charge in [-0.25, -0.2) is 0 Å². The van der Waals surface area contributed by atoms with E-state index in [9.17, 15) is 0 Å². The Balaban J connectivity index is 1.89. The Morgan fingerprint density at radius 1 is 1.57 bits per heavy atom. The summed E-state index contributed by atoms with van der Waals surface area (Å²) in [4.78, 5) is 2.36. The fraction of sp³-hybridized carbons (Fsp3) is 0.636. The van der Waals surface area contributed by atoms with Gasteiger partial charge < -0.3 is 10.2 Å². The predicted molar refractivity (Wildman–Crippen MR) is 55.9 cm³/mol. The van der Waals surface area contributed by atoms with Crippen LogP contribution in [0.25, 0.3) is 0 Å². The number of hydrogen-bond acceptors (Lipinski definition) is 3. The number of rotatable bonds is 3. The van der Waals surface area contributed by atoms with Crippen molar-refractivity contribution in [2.75, 3.05) is 7.05 Å². The molecule has 0 amide bonds. The molecule has 78 valence electrons. The zero-order chi connectivity index (χ0) is 10.1. The Bertz CT molecular complexity index is 302. The van der Waals surface area contributed by atoms with Crippen LogP contribution >= 0.6 is 0 Å². The first-order chi connectivity index (χ1) is 6.66. The summed E-state index contributed by atoms with van der Waals surface area (Å²) in [6, 6.07) is 3.14. The average Bonchev–Trinajstić information content (AvgIpc) is 2.46. The minimum atomic E-state index is 0.424. The summed E-state index contributed by atoms with van der Waals surface area (Å²) in [5.41, 5.74) is 7.05. The van der Waals surface area contributed by atoms with Gasteiger partial charge in [0.1, 0.15) is 5.76 Å². The molecule has 2 N–H and O–H groups in total. The van der Waals surface area contributed by atoms with Gasteiger partial charge in [0.15, 0.2) is 0 Å². The molecule has 0 radical (unpaired) electrons. The SMILES string of the molecule is Cc1occc1CN(C)C1CC(N)C1. The second-order valence-corrected chi connectivity index (χ2v) is 4.30. The number of furan rings is 1. The number of nitrogens with zero attached hydrogens (tertiary/aromatic N) is 1. The van der Waals surface area contributed by atoms with Crippen LogP contribution in [0.5, 0.6) is 0 Å². The molecule has 1 saturated carbocycles. The molecule has 0 aromatic carbocycles. The van der Waals surface area contributed by atoms with Crippen LogP contribution in [0.3, 0.4) is 0 Å². The van der Waals surface area contributed by atoms with Gasteiger partial charge in [-0.2, -0.15) is 0 Å². The van der Waals surface area contributed by atoms with Gasteiger partial charge in [-0.05, 0) is 32.9 Å². The molecule has 0 saturated heterocycles. The molecular weight excluding hydrogens is 176 g/mol. The van der Waals surface area contributed by atoms with Gasteiger partial charge in [0.2, 0.25) is 0 Å². The maximum atomic E-state index is 5.76. The first-order valence-electron chi connectivity index (χ1n) is 5.15. The van der Waals surface area contributed by atoms with Crippen LogP contribution in [-0.2, 0) is 6.54 Å². The lowest BCUT2D eigenvalue weighted by molar-refractivity contribution is 0.132. The highest BCUT2D eigenvalue weighted by atomic mass is 16.3. The maximum Gasteiger partial charge on any atom is 0.105 e. The Kier molecular flexibility index (Phi) is 2.61. The summed E-state index contributed by atoms with van der Waals surface area (Å²) in [5.74, 6) is 1.03. The van der Waals surface area contributed by atoms with E-state index < -0.39 is 0 Å². The number of aryl methyl sites for hydroxylation is 1. The van der Waals surface area contributed by atoms with Gasteiger partial charge >= 0.3 is 0 Å². The molecule has 0 unspecified atom stereocenters. The quantitative estimate of drug-likeness (QED) is 0.793. The largest absolute Gasteiger partial charge is 0.469 e. The molecule has 1 aromatic rings. The molecular formula is C11H18N2O. The van der Waals surface area contributed by atoms with Crippen molar-refractivity contribution in [2.45, 2.75) is 38.4 Å². The molecule has 14 heavy (non-hydrogen) atoms. The fourth-order valence-corrected chi connectivity index (χ4v) is 1.96. The molecule has 1 aliphatic carbocycles. The Labute approximate surface area is 84.9 Å². The Morgan fingerprint density at radius 2 is 2.29 bits per heavy atom. The molecule has 0 atom stereocenters. The molecule has 1 fully saturated rings. The third kappa shape index (κ3) is 1.83.